The summed E-state index contributed by atoms with van der Waals surface area (Å²) in [6.07, 6.45) is 3.84. The van der Waals surface area contributed by atoms with Crippen LogP contribution in [0.1, 0.15) is 26.2 Å². The third-order valence-electron chi connectivity index (χ3n) is 5.06. The summed E-state index contributed by atoms with van der Waals surface area (Å²) in [6.45, 7) is 7.12. The smallest absolute Gasteiger partial charge is 0.238 e. The standard InChI is InChI=1S/C19H28N4O2/c1-16(24)22-13-11-21(12-14-22)15-19(25)20-17-5-7-18(8-6-17)23-9-3-2-4-10-23/h5-8H,2-4,9-15H2,1H3,(H,20,25). The van der Waals surface area contributed by atoms with Gasteiger partial charge < -0.3 is 15.1 Å². The molecule has 2 saturated heterocycles. The molecule has 1 N–H and O–H groups in total. The predicted octanol–water partition coefficient (Wildman–Crippen LogP) is 1.78. The number of nitrogens with one attached hydrogen (secondary N) is 1. The number of anilines is 2. The van der Waals surface area contributed by atoms with Crippen molar-refractivity contribution < 1.29 is 9.59 Å². The van der Waals surface area contributed by atoms with Gasteiger partial charge in [-0.15, -0.1) is 0 Å². The molecule has 0 aliphatic carbocycles. The number of nitrogens with zero attached hydrogens (tertiary/aromatic N) is 3. The van der Waals surface area contributed by atoms with Crippen LogP contribution in [0.3, 0.4) is 0 Å². The van der Waals surface area contributed by atoms with E-state index in [0.717, 1.165) is 31.9 Å². The van der Waals surface area contributed by atoms with E-state index in [-0.39, 0.29) is 11.8 Å². The second-order valence-electron chi connectivity index (χ2n) is 6.92. The van der Waals surface area contributed by atoms with Crippen molar-refractivity contribution in [1.29, 1.82) is 0 Å². The lowest BCUT2D eigenvalue weighted by molar-refractivity contribution is -0.130. The second kappa shape index (κ2) is 8.34. The number of carbonyl (C=O) groups is 2. The lowest BCUT2D eigenvalue weighted by Gasteiger charge is -2.33. The summed E-state index contributed by atoms with van der Waals surface area (Å²) in [4.78, 5) is 29.9. The normalized spacial score (nSPS) is 18.9. The first-order valence-electron chi connectivity index (χ1n) is 9.24. The first-order chi connectivity index (χ1) is 12.1. The SMILES string of the molecule is CC(=O)N1CCN(CC(=O)Nc2ccc(N3CCCCC3)cc2)CC1. The molecule has 2 amide bonds. The zero-order valence-electron chi connectivity index (χ0n) is 15.0. The third-order valence-corrected chi connectivity index (χ3v) is 5.06. The van der Waals surface area contributed by atoms with Gasteiger partial charge in [-0.1, -0.05) is 0 Å². The van der Waals surface area contributed by atoms with E-state index in [1.54, 1.807) is 6.92 Å². The Hall–Kier alpha value is -2.08. The van der Waals surface area contributed by atoms with Crippen LogP contribution in [0.25, 0.3) is 0 Å². The van der Waals surface area contributed by atoms with Gasteiger partial charge in [-0.05, 0) is 43.5 Å². The summed E-state index contributed by atoms with van der Waals surface area (Å²) >= 11 is 0. The molecular formula is C19H28N4O2. The highest BCUT2D eigenvalue weighted by molar-refractivity contribution is 5.92. The molecule has 0 radical (unpaired) electrons. The van der Waals surface area contributed by atoms with E-state index in [0.29, 0.717) is 19.6 Å². The Morgan fingerprint density at radius 2 is 1.56 bits per heavy atom. The summed E-state index contributed by atoms with van der Waals surface area (Å²) in [5.41, 5.74) is 2.08. The van der Waals surface area contributed by atoms with Gasteiger partial charge in [0, 0.05) is 57.6 Å². The van der Waals surface area contributed by atoms with Crippen molar-refractivity contribution >= 4 is 23.2 Å². The Bertz CT molecular complexity index is 588. The molecule has 2 aliphatic heterocycles. The third kappa shape index (κ3) is 4.95. The van der Waals surface area contributed by atoms with E-state index in [2.05, 4.69) is 27.2 Å². The molecular weight excluding hydrogens is 316 g/mol. The first kappa shape index (κ1) is 17.7. The lowest BCUT2D eigenvalue weighted by Crippen LogP contribution is -2.49. The molecule has 136 valence electrons. The van der Waals surface area contributed by atoms with Crippen LogP contribution >= 0.6 is 0 Å². The van der Waals surface area contributed by atoms with Crippen LogP contribution in [0, 0.1) is 0 Å². The van der Waals surface area contributed by atoms with Crippen LogP contribution < -0.4 is 10.2 Å². The van der Waals surface area contributed by atoms with Gasteiger partial charge in [0.25, 0.3) is 0 Å². The highest BCUT2D eigenvalue weighted by Gasteiger charge is 2.20. The number of piperazine rings is 1. The zero-order valence-corrected chi connectivity index (χ0v) is 15.0. The van der Waals surface area contributed by atoms with Gasteiger partial charge in [-0.3, -0.25) is 14.5 Å². The van der Waals surface area contributed by atoms with Gasteiger partial charge in [0.05, 0.1) is 6.54 Å². The minimum Gasteiger partial charge on any atom is -0.372 e. The molecule has 2 heterocycles. The second-order valence-corrected chi connectivity index (χ2v) is 6.92. The van der Waals surface area contributed by atoms with Crippen LogP contribution in [0.5, 0.6) is 0 Å². The zero-order chi connectivity index (χ0) is 17.6. The Morgan fingerprint density at radius 3 is 2.16 bits per heavy atom. The Kier molecular flexibility index (Phi) is 5.91. The van der Waals surface area contributed by atoms with E-state index < -0.39 is 0 Å². The topological polar surface area (TPSA) is 55.9 Å². The number of rotatable bonds is 4. The van der Waals surface area contributed by atoms with Crippen LogP contribution in [0.2, 0.25) is 0 Å². The molecule has 0 unspecified atom stereocenters. The van der Waals surface area contributed by atoms with E-state index in [9.17, 15) is 9.59 Å². The fourth-order valence-electron chi connectivity index (χ4n) is 3.53. The summed E-state index contributed by atoms with van der Waals surface area (Å²) in [5.74, 6) is 0.111. The Morgan fingerprint density at radius 1 is 0.920 bits per heavy atom. The minimum atomic E-state index is 0.00185. The van der Waals surface area contributed by atoms with Crippen LogP contribution in [-0.2, 0) is 9.59 Å². The molecule has 1 aromatic rings. The highest BCUT2D eigenvalue weighted by atomic mass is 16.2. The molecule has 0 bridgehead atoms. The molecule has 2 fully saturated rings. The van der Waals surface area contributed by atoms with E-state index in [1.807, 2.05) is 17.0 Å². The molecule has 25 heavy (non-hydrogen) atoms. The highest BCUT2D eigenvalue weighted by Crippen LogP contribution is 2.21. The van der Waals surface area contributed by atoms with Crippen molar-refractivity contribution in [3.05, 3.63) is 24.3 Å². The van der Waals surface area contributed by atoms with Gasteiger partial charge in [0.15, 0.2) is 0 Å². The van der Waals surface area contributed by atoms with Crippen molar-refractivity contribution in [3.63, 3.8) is 0 Å². The van der Waals surface area contributed by atoms with Gasteiger partial charge in [0.1, 0.15) is 0 Å². The predicted molar refractivity (Wildman–Crippen MR) is 99.8 cm³/mol. The van der Waals surface area contributed by atoms with Gasteiger partial charge in [0.2, 0.25) is 11.8 Å². The number of piperidine rings is 1. The summed E-state index contributed by atoms with van der Waals surface area (Å²) in [6, 6.07) is 8.14. The van der Waals surface area contributed by atoms with Gasteiger partial charge >= 0.3 is 0 Å². The maximum Gasteiger partial charge on any atom is 0.238 e. The maximum absolute atomic E-state index is 12.2. The van der Waals surface area contributed by atoms with Crippen molar-refractivity contribution in [3.8, 4) is 0 Å². The average Bonchev–Trinajstić information content (AvgIpc) is 2.63. The molecule has 0 aromatic heterocycles. The number of carbonyl (C=O) groups excluding carboxylic acids is 2. The van der Waals surface area contributed by atoms with Gasteiger partial charge in [-0.2, -0.15) is 0 Å². The molecule has 0 spiro atoms. The number of benzene rings is 1. The number of amides is 2. The van der Waals surface area contributed by atoms with Crippen molar-refractivity contribution in [1.82, 2.24) is 9.80 Å². The summed E-state index contributed by atoms with van der Waals surface area (Å²) in [5, 5.41) is 2.97. The Labute approximate surface area is 149 Å². The van der Waals surface area contributed by atoms with Crippen LogP contribution in [0.4, 0.5) is 11.4 Å². The minimum absolute atomic E-state index is 0.00185. The molecule has 6 heteroatoms. The largest absolute Gasteiger partial charge is 0.372 e. The fourth-order valence-corrected chi connectivity index (χ4v) is 3.53. The molecule has 3 rings (SSSR count). The molecule has 6 nitrogen and oxygen atoms in total. The monoisotopic (exact) mass is 344 g/mol. The number of hydrogen-bond acceptors (Lipinski definition) is 4. The molecule has 0 atom stereocenters. The van der Waals surface area contributed by atoms with Crippen molar-refractivity contribution in [2.24, 2.45) is 0 Å². The molecule has 2 aliphatic rings. The van der Waals surface area contributed by atoms with Crippen LogP contribution in [0.15, 0.2) is 24.3 Å². The van der Waals surface area contributed by atoms with E-state index in [4.69, 9.17) is 0 Å². The summed E-state index contributed by atoms with van der Waals surface area (Å²) in [7, 11) is 0. The fraction of sp³-hybridized carbons (Fsp3) is 0.579. The first-order valence-corrected chi connectivity index (χ1v) is 9.24. The van der Waals surface area contributed by atoms with E-state index >= 15 is 0 Å². The quantitative estimate of drug-likeness (QED) is 0.905. The Balaban J connectivity index is 1.45. The molecule has 1 aromatic carbocycles. The van der Waals surface area contributed by atoms with Crippen LogP contribution in [-0.4, -0.2) is 67.4 Å². The van der Waals surface area contributed by atoms with Crippen molar-refractivity contribution in [2.45, 2.75) is 26.2 Å². The van der Waals surface area contributed by atoms with E-state index in [1.165, 1.54) is 24.9 Å². The number of hydrogen-bond donors (Lipinski definition) is 1. The van der Waals surface area contributed by atoms with Crippen molar-refractivity contribution in [2.75, 3.05) is 56.0 Å². The average molecular weight is 344 g/mol. The maximum atomic E-state index is 12.2. The lowest BCUT2D eigenvalue weighted by atomic mass is 10.1. The summed E-state index contributed by atoms with van der Waals surface area (Å²) < 4.78 is 0. The molecule has 0 saturated carbocycles. The van der Waals surface area contributed by atoms with Gasteiger partial charge in [-0.25, -0.2) is 0 Å².